The molecular formula is C11H20O. The molecule has 1 fully saturated rings. The maximum Gasteiger partial charge on any atom is 0.0493 e. The van der Waals surface area contributed by atoms with Gasteiger partial charge in [0.1, 0.15) is 0 Å². The Hall–Kier alpha value is -0.300. The van der Waals surface area contributed by atoms with E-state index in [-0.39, 0.29) is 6.61 Å². The first-order chi connectivity index (χ1) is 5.86. The Morgan fingerprint density at radius 2 is 2.08 bits per heavy atom. The highest BCUT2D eigenvalue weighted by molar-refractivity contribution is 4.79. The molecule has 0 amide bonds. The Kier molecular flexibility index (Phi) is 4.37. The van der Waals surface area contributed by atoms with Gasteiger partial charge in [0.25, 0.3) is 0 Å². The number of hydrogen-bond donors (Lipinski definition) is 1. The van der Waals surface area contributed by atoms with Crippen LogP contribution < -0.4 is 0 Å². The van der Waals surface area contributed by atoms with E-state index in [9.17, 15) is 0 Å². The van der Waals surface area contributed by atoms with E-state index < -0.39 is 0 Å². The van der Waals surface area contributed by atoms with Crippen LogP contribution in [0.1, 0.15) is 38.5 Å². The normalized spacial score (nSPS) is 21.1. The van der Waals surface area contributed by atoms with Crippen LogP contribution in [-0.4, -0.2) is 11.7 Å². The summed E-state index contributed by atoms with van der Waals surface area (Å²) in [7, 11) is 0. The highest BCUT2D eigenvalue weighted by Crippen LogP contribution is 2.29. The van der Waals surface area contributed by atoms with Crippen LogP contribution >= 0.6 is 0 Å². The lowest BCUT2D eigenvalue weighted by Crippen LogP contribution is -2.04. The standard InChI is InChI=1S/C11H20O/c1-2-10(9-12)7-8-11-5-3-4-6-11/h2,10-12H,1,3-9H2/t10-/m0/s1. The highest BCUT2D eigenvalue weighted by atomic mass is 16.3. The van der Waals surface area contributed by atoms with Gasteiger partial charge in [-0.1, -0.05) is 31.8 Å². The lowest BCUT2D eigenvalue weighted by molar-refractivity contribution is 0.238. The van der Waals surface area contributed by atoms with Crippen LogP contribution in [0.5, 0.6) is 0 Å². The van der Waals surface area contributed by atoms with Gasteiger partial charge in [0, 0.05) is 6.61 Å². The quantitative estimate of drug-likeness (QED) is 0.626. The molecule has 1 saturated carbocycles. The second kappa shape index (κ2) is 5.36. The Balaban J connectivity index is 2.10. The van der Waals surface area contributed by atoms with Crippen LogP contribution in [-0.2, 0) is 0 Å². The first-order valence-corrected chi connectivity index (χ1v) is 5.10. The van der Waals surface area contributed by atoms with Crippen molar-refractivity contribution in [1.82, 2.24) is 0 Å². The Bertz CT molecular complexity index is 125. The minimum absolute atomic E-state index is 0.274. The van der Waals surface area contributed by atoms with Crippen molar-refractivity contribution < 1.29 is 5.11 Å². The average molecular weight is 168 g/mol. The second-order valence-electron chi connectivity index (χ2n) is 3.91. The molecule has 1 rings (SSSR count). The summed E-state index contributed by atoms with van der Waals surface area (Å²) in [6, 6.07) is 0. The largest absolute Gasteiger partial charge is 0.396 e. The lowest BCUT2D eigenvalue weighted by atomic mass is 9.95. The zero-order valence-corrected chi connectivity index (χ0v) is 7.84. The van der Waals surface area contributed by atoms with Crippen molar-refractivity contribution in [2.45, 2.75) is 38.5 Å². The van der Waals surface area contributed by atoms with E-state index >= 15 is 0 Å². The summed E-state index contributed by atoms with van der Waals surface area (Å²) < 4.78 is 0. The van der Waals surface area contributed by atoms with Gasteiger partial charge >= 0.3 is 0 Å². The van der Waals surface area contributed by atoms with E-state index in [0.29, 0.717) is 5.92 Å². The maximum atomic E-state index is 8.93. The van der Waals surface area contributed by atoms with Gasteiger partial charge in [0.2, 0.25) is 0 Å². The minimum atomic E-state index is 0.274. The predicted octanol–water partition coefficient (Wildman–Crippen LogP) is 2.75. The monoisotopic (exact) mass is 168 g/mol. The molecular weight excluding hydrogens is 148 g/mol. The van der Waals surface area contributed by atoms with Crippen molar-refractivity contribution in [3.05, 3.63) is 12.7 Å². The van der Waals surface area contributed by atoms with E-state index in [2.05, 4.69) is 6.58 Å². The fourth-order valence-electron chi connectivity index (χ4n) is 2.03. The summed E-state index contributed by atoms with van der Waals surface area (Å²) in [5.41, 5.74) is 0. The average Bonchev–Trinajstić information content (AvgIpc) is 2.59. The molecule has 1 N–H and O–H groups in total. The molecule has 1 aliphatic carbocycles. The van der Waals surface area contributed by atoms with E-state index in [1.54, 1.807) is 0 Å². The van der Waals surface area contributed by atoms with Gasteiger partial charge < -0.3 is 5.11 Å². The molecule has 1 heteroatoms. The van der Waals surface area contributed by atoms with Gasteiger partial charge in [-0.05, 0) is 24.7 Å². The minimum Gasteiger partial charge on any atom is -0.396 e. The topological polar surface area (TPSA) is 20.2 Å². The molecule has 0 unspecified atom stereocenters. The van der Waals surface area contributed by atoms with Gasteiger partial charge in [-0.3, -0.25) is 0 Å². The van der Waals surface area contributed by atoms with Crippen molar-refractivity contribution in [2.24, 2.45) is 11.8 Å². The predicted molar refractivity (Wildman–Crippen MR) is 52.0 cm³/mol. The molecule has 0 aromatic rings. The van der Waals surface area contributed by atoms with Crippen molar-refractivity contribution in [3.8, 4) is 0 Å². The van der Waals surface area contributed by atoms with Gasteiger partial charge in [-0.25, -0.2) is 0 Å². The molecule has 0 aromatic heterocycles. The lowest BCUT2D eigenvalue weighted by Gasteiger charge is -2.12. The number of rotatable bonds is 5. The summed E-state index contributed by atoms with van der Waals surface area (Å²) >= 11 is 0. The first-order valence-electron chi connectivity index (χ1n) is 5.10. The fraction of sp³-hybridized carbons (Fsp3) is 0.818. The van der Waals surface area contributed by atoms with E-state index in [1.807, 2.05) is 6.08 Å². The molecule has 1 aliphatic rings. The van der Waals surface area contributed by atoms with Crippen LogP contribution in [0, 0.1) is 11.8 Å². The molecule has 70 valence electrons. The van der Waals surface area contributed by atoms with Crippen molar-refractivity contribution in [2.75, 3.05) is 6.61 Å². The van der Waals surface area contributed by atoms with Crippen LogP contribution in [0.3, 0.4) is 0 Å². The summed E-state index contributed by atoms with van der Waals surface area (Å²) in [6.45, 7) is 3.99. The van der Waals surface area contributed by atoms with Crippen molar-refractivity contribution in [1.29, 1.82) is 0 Å². The number of aliphatic hydroxyl groups is 1. The van der Waals surface area contributed by atoms with Crippen LogP contribution in [0.2, 0.25) is 0 Å². The van der Waals surface area contributed by atoms with E-state index in [0.717, 1.165) is 12.3 Å². The molecule has 0 heterocycles. The maximum absolute atomic E-state index is 8.93. The molecule has 1 atom stereocenters. The Labute approximate surface area is 75.5 Å². The molecule has 1 nitrogen and oxygen atoms in total. The van der Waals surface area contributed by atoms with Crippen LogP contribution in [0.25, 0.3) is 0 Å². The first kappa shape index (κ1) is 9.79. The Morgan fingerprint density at radius 3 is 2.58 bits per heavy atom. The molecule has 0 radical (unpaired) electrons. The summed E-state index contributed by atoms with van der Waals surface area (Å²) in [5, 5.41) is 8.93. The Morgan fingerprint density at radius 1 is 1.42 bits per heavy atom. The summed E-state index contributed by atoms with van der Waals surface area (Å²) in [5.74, 6) is 1.28. The summed E-state index contributed by atoms with van der Waals surface area (Å²) in [6.07, 6.45) is 9.96. The molecule has 12 heavy (non-hydrogen) atoms. The molecule has 0 spiro atoms. The zero-order chi connectivity index (χ0) is 8.81. The smallest absolute Gasteiger partial charge is 0.0493 e. The SMILES string of the molecule is C=C[C@H](CO)CCC1CCCC1. The van der Waals surface area contributed by atoms with Crippen LogP contribution in [0.4, 0.5) is 0 Å². The van der Waals surface area contributed by atoms with Crippen LogP contribution in [0.15, 0.2) is 12.7 Å². The zero-order valence-electron chi connectivity index (χ0n) is 7.84. The third-order valence-corrected chi connectivity index (χ3v) is 2.99. The van der Waals surface area contributed by atoms with E-state index in [4.69, 9.17) is 5.11 Å². The highest BCUT2D eigenvalue weighted by Gasteiger charge is 2.15. The van der Waals surface area contributed by atoms with Gasteiger partial charge in [0.05, 0.1) is 0 Å². The third kappa shape index (κ3) is 2.98. The van der Waals surface area contributed by atoms with Gasteiger partial charge in [-0.15, -0.1) is 6.58 Å². The fourth-order valence-corrected chi connectivity index (χ4v) is 2.03. The van der Waals surface area contributed by atoms with Gasteiger partial charge in [0.15, 0.2) is 0 Å². The third-order valence-electron chi connectivity index (χ3n) is 2.99. The molecule has 0 bridgehead atoms. The molecule has 0 aromatic carbocycles. The van der Waals surface area contributed by atoms with Crippen molar-refractivity contribution >= 4 is 0 Å². The molecule has 0 aliphatic heterocycles. The number of hydrogen-bond acceptors (Lipinski definition) is 1. The van der Waals surface area contributed by atoms with Crippen molar-refractivity contribution in [3.63, 3.8) is 0 Å². The van der Waals surface area contributed by atoms with Gasteiger partial charge in [-0.2, -0.15) is 0 Å². The second-order valence-corrected chi connectivity index (χ2v) is 3.91. The van der Waals surface area contributed by atoms with E-state index in [1.165, 1.54) is 32.1 Å². The summed E-state index contributed by atoms with van der Waals surface area (Å²) in [4.78, 5) is 0. The number of aliphatic hydroxyl groups excluding tert-OH is 1. The molecule has 0 saturated heterocycles.